The zero-order valence-electron chi connectivity index (χ0n) is 38.5. The molecule has 0 heterocycles. The fourth-order valence-electron chi connectivity index (χ4n) is 6.53. The van der Waals surface area contributed by atoms with Gasteiger partial charge in [0.1, 0.15) is 13.2 Å². The summed E-state index contributed by atoms with van der Waals surface area (Å²) in [5.41, 5.74) is 0. The molecule has 0 radical (unpaired) electrons. The van der Waals surface area contributed by atoms with Crippen molar-refractivity contribution in [3.63, 3.8) is 0 Å². The Morgan fingerprint density at radius 1 is 0.373 bits per heavy atom. The third-order valence-electron chi connectivity index (χ3n) is 10.2. The third-order valence-corrected chi connectivity index (χ3v) is 10.2. The number of unbranched alkanes of at least 4 members (excludes halogenated alkanes) is 22. The summed E-state index contributed by atoms with van der Waals surface area (Å²) in [7, 11) is 0. The first-order valence-electron chi connectivity index (χ1n) is 24.5. The number of rotatable bonds is 43. The minimum atomic E-state index is -0.794. The van der Waals surface area contributed by atoms with Crippen molar-refractivity contribution in [2.24, 2.45) is 0 Å². The minimum Gasteiger partial charge on any atom is -0.462 e. The Morgan fingerprint density at radius 3 is 1.27 bits per heavy atom. The van der Waals surface area contributed by atoms with E-state index in [0.717, 1.165) is 77.0 Å². The molecule has 0 aliphatic carbocycles. The molecule has 0 rings (SSSR count). The van der Waals surface area contributed by atoms with Crippen molar-refractivity contribution in [2.45, 2.75) is 232 Å². The predicted molar refractivity (Wildman–Crippen MR) is 251 cm³/mol. The van der Waals surface area contributed by atoms with Crippen LogP contribution in [0, 0.1) is 0 Å². The number of hydrogen-bond donors (Lipinski definition) is 0. The average Bonchev–Trinajstić information content (AvgIpc) is 3.23. The molecule has 6 heteroatoms. The summed E-state index contributed by atoms with van der Waals surface area (Å²) < 4.78 is 16.7. The molecule has 0 bridgehead atoms. The van der Waals surface area contributed by atoms with Crippen LogP contribution in [-0.2, 0) is 28.6 Å². The molecular formula is C53H90O6. The molecule has 338 valence electrons. The standard InChI is InChI=1S/C53H90O6/c1-4-7-10-13-16-19-21-23-25-26-28-29-31-34-37-40-43-46-52(55)58-49-50(48-57-51(54)45-42-39-36-33-18-15-12-9-6-3)59-53(56)47-44-41-38-35-32-30-27-24-22-20-17-14-11-8-5-2/h8,11,14,16-17,19-20,22-23,25,33,36,50H,4-7,9-10,12-13,15,18,21,24,26-32,34-35,37-49H2,1-3H3/b11-8-,17-14-,19-16-,22-20-,25-23-,36-33-. The zero-order valence-corrected chi connectivity index (χ0v) is 38.5. The normalized spacial score (nSPS) is 12.7. The lowest BCUT2D eigenvalue weighted by Gasteiger charge is -2.18. The summed E-state index contributed by atoms with van der Waals surface area (Å²) in [6, 6.07) is 0. The monoisotopic (exact) mass is 823 g/mol. The van der Waals surface area contributed by atoms with Gasteiger partial charge in [-0.25, -0.2) is 0 Å². The van der Waals surface area contributed by atoms with Crippen LogP contribution < -0.4 is 0 Å². The summed E-state index contributed by atoms with van der Waals surface area (Å²) in [5.74, 6) is -0.952. The van der Waals surface area contributed by atoms with Crippen molar-refractivity contribution in [3.8, 4) is 0 Å². The number of hydrogen-bond acceptors (Lipinski definition) is 6. The van der Waals surface area contributed by atoms with Gasteiger partial charge < -0.3 is 14.2 Å². The SMILES string of the molecule is CC\C=C/C=C\C=C/CCCCCCCCCC(=O)OC(COC(=O)CCC/C=C\CCCCCC)COC(=O)CCCCCCCCC/C=C\C/C=C\CCCCC. The molecular weight excluding hydrogens is 733 g/mol. The number of carbonyl (C=O) groups excluding carboxylic acids is 3. The first kappa shape index (κ1) is 55.9. The highest BCUT2D eigenvalue weighted by atomic mass is 16.6. The molecule has 0 fully saturated rings. The molecule has 0 saturated heterocycles. The van der Waals surface area contributed by atoms with Gasteiger partial charge in [-0.2, -0.15) is 0 Å². The van der Waals surface area contributed by atoms with Gasteiger partial charge in [-0.3, -0.25) is 14.4 Å². The van der Waals surface area contributed by atoms with Gasteiger partial charge in [0.2, 0.25) is 0 Å². The van der Waals surface area contributed by atoms with E-state index in [4.69, 9.17) is 14.2 Å². The van der Waals surface area contributed by atoms with E-state index in [0.29, 0.717) is 25.7 Å². The van der Waals surface area contributed by atoms with E-state index in [9.17, 15) is 14.4 Å². The highest BCUT2D eigenvalue weighted by Gasteiger charge is 2.19. The van der Waals surface area contributed by atoms with Crippen molar-refractivity contribution in [1.29, 1.82) is 0 Å². The maximum atomic E-state index is 12.7. The fourth-order valence-corrected chi connectivity index (χ4v) is 6.53. The minimum absolute atomic E-state index is 0.0936. The average molecular weight is 823 g/mol. The molecule has 1 unspecified atom stereocenters. The van der Waals surface area contributed by atoms with Gasteiger partial charge in [-0.15, -0.1) is 0 Å². The first-order valence-corrected chi connectivity index (χ1v) is 24.5. The Hall–Kier alpha value is -3.15. The van der Waals surface area contributed by atoms with Crippen LogP contribution in [0.15, 0.2) is 72.9 Å². The number of esters is 3. The molecule has 6 nitrogen and oxygen atoms in total. The molecule has 0 aromatic carbocycles. The van der Waals surface area contributed by atoms with Crippen LogP contribution >= 0.6 is 0 Å². The number of carbonyl (C=O) groups is 3. The largest absolute Gasteiger partial charge is 0.462 e. The van der Waals surface area contributed by atoms with Crippen LogP contribution in [0.5, 0.6) is 0 Å². The molecule has 0 amide bonds. The Labute approximate surface area is 363 Å². The van der Waals surface area contributed by atoms with E-state index in [1.54, 1.807) is 0 Å². The van der Waals surface area contributed by atoms with E-state index < -0.39 is 6.10 Å². The summed E-state index contributed by atoms with van der Waals surface area (Å²) in [5, 5.41) is 0. The van der Waals surface area contributed by atoms with Crippen LogP contribution in [0.1, 0.15) is 226 Å². The molecule has 0 aromatic rings. The number of allylic oxidation sites excluding steroid dienone is 12. The Morgan fingerprint density at radius 2 is 0.746 bits per heavy atom. The van der Waals surface area contributed by atoms with Crippen molar-refractivity contribution >= 4 is 17.9 Å². The molecule has 0 N–H and O–H groups in total. The smallest absolute Gasteiger partial charge is 0.306 e. The summed E-state index contributed by atoms with van der Waals surface area (Å²) in [6.45, 7) is 6.40. The molecule has 0 saturated carbocycles. The quantitative estimate of drug-likeness (QED) is 0.0200. The van der Waals surface area contributed by atoms with Gasteiger partial charge in [0.05, 0.1) is 0 Å². The molecule has 0 spiro atoms. The molecule has 0 aromatic heterocycles. The topological polar surface area (TPSA) is 78.9 Å². The molecule has 0 aliphatic heterocycles. The van der Waals surface area contributed by atoms with Crippen LogP contribution in [0.25, 0.3) is 0 Å². The highest BCUT2D eigenvalue weighted by molar-refractivity contribution is 5.71. The van der Waals surface area contributed by atoms with E-state index in [1.807, 2.05) is 0 Å². The second kappa shape index (κ2) is 47.5. The first-order chi connectivity index (χ1) is 29.0. The van der Waals surface area contributed by atoms with Crippen molar-refractivity contribution < 1.29 is 28.6 Å². The maximum absolute atomic E-state index is 12.7. The lowest BCUT2D eigenvalue weighted by Crippen LogP contribution is -2.30. The Kier molecular flexibility index (Phi) is 45.0. The van der Waals surface area contributed by atoms with Crippen molar-refractivity contribution in [1.82, 2.24) is 0 Å². The summed E-state index contributed by atoms with van der Waals surface area (Å²) in [4.78, 5) is 37.8. The molecule has 1 atom stereocenters. The molecule has 0 aliphatic rings. The maximum Gasteiger partial charge on any atom is 0.306 e. The summed E-state index contributed by atoms with van der Waals surface area (Å²) in [6.07, 6.45) is 58.9. The van der Waals surface area contributed by atoms with E-state index in [2.05, 4.69) is 93.7 Å². The Bertz CT molecular complexity index is 1130. The van der Waals surface area contributed by atoms with Gasteiger partial charge in [0, 0.05) is 19.3 Å². The second-order valence-corrected chi connectivity index (χ2v) is 16.0. The van der Waals surface area contributed by atoms with Gasteiger partial charge in [0.15, 0.2) is 6.10 Å². The highest BCUT2D eigenvalue weighted by Crippen LogP contribution is 2.14. The third kappa shape index (κ3) is 45.8. The lowest BCUT2D eigenvalue weighted by molar-refractivity contribution is -0.167. The van der Waals surface area contributed by atoms with E-state index >= 15 is 0 Å². The van der Waals surface area contributed by atoms with E-state index in [-0.39, 0.29) is 31.1 Å². The second-order valence-electron chi connectivity index (χ2n) is 16.0. The van der Waals surface area contributed by atoms with Crippen molar-refractivity contribution in [3.05, 3.63) is 72.9 Å². The lowest BCUT2D eigenvalue weighted by atomic mass is 10.1. The summed E-state index contributed by atoms with van der Waals surface area (Å²) >= 11 is 0. The molecule has 59 heavy (non-hydrogen) atoms. The van der Waals surface area contributed by atoms with Crippen LogP contribution in [-0.4, -0.2) is 37.2 Å². The van der Waals surface area contributed by atoms with Crippen LogP contribution in [0.2, 0.25) is 0 Å². The Balaban J connectivity index is 4.38. The number of ether oxygens (including phenoxy) is 3. The van der Waals surface area contributed by atoms with Gasteiger partial charge in [0.25, 0.3) is 0 Å². The van der Waals surface area contributed by atoms with Crippen molar-refractivity contribution in [2.75, 3.05) is 13.2 Å². The van der Waals surface area contributed by atoms with Gasteiger partial charge >= 0.3 is 17.9 Å². The van der Waals surface area contributed by atoms with Gasteiger partial charge in [-0.05, 0) is 89.9 Å². The van der Waals surface area contributed by atoms with Crippen LogP contribution in [0.4, 0.5) is 0 Å². The van der Waals surface area contributed by atoms with Crippen LogP contribution in [0.3, 0.4) is 0 Å². The fraction of sp³-hybridized carbons (Fsp3) is 0.717. The van der Waals surface area contributed by atoms with Gasteiger partial charge in [-0.1, -0.05) is 190 Å². The predicted octanol–water partition coefficient (Wildman–Crippen LogP) is 15.9. The zero-order chi connectivity index (χ0) is 43.0. The van der Waals surface area contributed by atoms with E-state index in [1.165, 1.54) is 103 Å².